The molecular weight excluding hydrogens is 457 g/mol. The maximum atomic E-state index is 12.9. The van der Waals surface area contributed by atoms with Gasteiger partial charge in [0.2, 0.25) is 5.91 Å². The van der Waals surface area contributed by atoms with Crippen LogP contribution >= 0.6 is 11.8 Å². The van der Waals surface area contributed by atoms with Crippen molar-refractivity contribution in [2.24, 2.45) is 14.1 Å². The first kappa shape index (κ1) is 24.6. The molecule has 1 aromatic carbocycles. The van der Waals surface area contributed by atoms with E-state index in [4.69, 9.17) is 0 Å². The molecule has 0 fully saturated rings. The third-order valence-corrected chi connectivity index (χ3v) is 6.28. The molecule has 0 spiro atoms. The summed E-state index contributed by atoms with van der Waals surface area (Å²) in [6.07, 6.45) is -0.546. The number of nitrogens with one attached hydrogen (secondary N) is 1. The number of amides is 1. The third-order valence-electron chi connectivity index (χ3n) is 5.12. The molecule has 33 heavy (non-hydrogen) atoms. The summed E-state index contributed by atoms with van der Waals surface area (Å²) < 4.78 is 41.0. The second-order valence-corrected chi connectivity index (χ2v) is 8.52. The molecule has 0 aliphatic heterocycles. The fourth-order valence-corrected chi connectivity index (χ4v) is 4.37. The number of hydrogen-bond acceptors (Lipinski definition) is 5. The highest BCUT2D eigenvalue weighted by molar-refractivity contribution is 8.00. The molecule has 0 radical (unpaired) electrons. The predicted octanol–water partition coefficient (Wildman–Crippen LogP) is 3.72. The van der Waals surface area contributed by atoms with Gasteiger partial charge >= 0.3 is 11.9 Å². The highest BCUT2D eigenvalue weighted by Crippen LogP contribution is 2.31. The van der Waals surface area contributed by atoms with E-state index in [9.17, 15) is 27.6 Å². The van der Waals surface area contributed by atoms with Gasteiger partial charge < -0.3 is 5.32 Å². The second kappa shape index (κ2) is 9.82. The maximum Gasteiger partial charge on any atom is 0.416 e. The summed E-state index contributed by atoms with van der Waals surface area (Å²) in [7, 11) is 2.88. The standard InChI is InChI=1S/C22H23F3N4O3S/c1-4-5-7-13-11-26-19-17(20(31)29(3)21(32)28(19)2)18(13)33-12-16(30)27-15-9-6-8-14(10-15)22(23,24)25/h6,8-11H,4-5,7,12H2,1-3H3,(H,27,30). The third kappa shape index (κ3) is 5.29. The predicted molar refractivity (Wildman–Crippen MR) is 122 cm³/mol. The first-order chi connectivity index (χ1) is 15.5. The van der Waals surface area contributed by atoms with E-state index >= 15 is 0 Å². The van der Waals surface area contributed by atoms with Gasteiger partial charge in [0.05, 0.1) is 16.7 Å². The fourth-order valence-electron chi connectivity index (χ4n) is 3.36. The normalized spacial score (nSPS) is 11.7. The quantitative estimate of drug-likeness (QED) is 0.521. The average Bonchev–Trinajstić information content (AvgIpc) is 2.78. The van der Waals surface area contributed by atoms with E-state index in [0.29, 0.717) is 11.3 Å². The summed E-state index contributed by atoms with van der Waals surface area (Å²) >= 11 is 1.10. The van der Waals surface area contributed by atoms with Gasteiger partial charge in [-0.15, -0.1) is 11.8 Å². The molecule has 2 heterocycles. The van der Waals surface area contributed by atoms with Crippen molar-refractivity contribution in [3.8, 4) is 0 Å². The Kier molecular flexibility index (Phi) is 7.31. The van der Waals surface area contributed by atoms with Crippen LogP contribution in [0.25, 0.3) is 11.0 Å². The number of fused-ring (bicyclic) bond motifs is 1. The van der Waals surface area contributed by atoms with Crippen molar-refractivity contribution in [3.63, 3.8) is 0 Å². The lowest BCUT2D eigenvalue weighted by atomic mass is 10.1. The van der Waals surface area contributed by atoms with Crippen LogP contribution < -0.4 is 16.6 Å². The van der Waals surface area contributed by atoms with E-state index in [1.54, 1.807) is 6.20 Å². The van der Waals surface area contributed by atoms with Gasteiger partial charge in [-0.2, -0.15) is 13.2 Å². The van der Waals surface area contributed by atoms with Crippen molar-refractivity contribution < 1.29 is 18.0 Å². The van der Waals surface area contributed by atoms with Gasteiger partial charge in [0, 0.05) is 30.9 Å². The van der Waals surface area contributed by atoms with Gasteiger partial charge in [0.1, 0.15) is 5.65 Å². The van der Waals surface area contributed by atoms with Crippen LogP contribution in [-0.4, -0.2) is 25.8 Å². The SMILES string of the molecule is CCCCc1cnc2c(c1SCC(=O)Nc1cccc(C(F)(F)F)c1)c(=O)n(C)c(=O)n2C. The highest BCUT2D eigenvalue weighted by Gasteiger charge is 2.30. The first-order valence-electron chi connectivity index (χ1n) is 10.2. The number of halogens is 3. The molecule has 11 heteroatoms. The molecule has 0 aliphatic carbocycles. The number of pyridine rings is 1. The molecule has 0 saturated heterocycles. The number of hydrogen-bond donors (Lipinski definition) is 1. The molecule has 2 aromatic heterocycles. The molecule has 3 aromatic rings. The molecule has 1 amide bonds. The zero-order valence-electron chi connectivity index (χ0n) is 18.3. The maximum absolute atomic E-state index is 12.9. The number of carbonyl (C=O) groups is 1. The Balaban J connectivity index is 1.94. The van der Waals surface area contributed by atoms with E-state index in [1.165, 1.54) is 30.8 Å². The summed E-state index contributed by atoms with van der Waals surface area (Å²) in [5.74, 6) is -0.659. The van der Waals surface area contributed by atoms with Crippen molar-refractivity contribution in [1.29, 1.82) is 0 Å². The molecule has 0 bridgehead atoms. The van der Waals surface area contributed by atoms with Gasteiger partial charge in [-0.05, 0) is 36.6 Å². The van der Waals surface area contributed by atoms with Crippen molar-refractivity contribution in [1.82, 2.24) is 14.1 Å². The number of rotatable bonds is 7. The van der Waals surface area contributed by atoms with Crippen LogP contribution in [0.5, 0.6) is 0 Å². The Morgan fingerprint density at radius 1 is 1.18 bits per heavy atom. The molecule has 7 nitrogen and oxygen atoms in total. The minimum atomic E-state index is -4.52. The largest absolute Gasteiger partial charge is 0.416 e. The number of anilines is 1. The lowest BCUT2D eigenvalue weighted by Gasteiger charge is -2.14. The molecule has 3 rings (SSSR count). The number of aryl methyl sites for hydroxylation is 2. The topological polar surface area (TPSA) is 86.0 Å². The Morgan fingerprint density at radius 3 is 2.58 bits per heavy atom. The van der Waals surface area contributed by atoms with Crippen molar-refractivity contribution >= 4 is 34.4 Å². The smallest absolute Gasteiger partial charge is 0.325 e. The van der Waals surface area contributed by atoms with E-state index in [1.807, 2.05) is 6.92 Å². The Hall–Kier alpha value is -3.08. The monoisotopic (exact) mass is 480 g/mol. The number of carbonyl (C=O) groups excluding carboxylic acids is 1. The minimum absolute atomic E-state index is 0.0273. The second-order valence-electron chi connectivity index (χ2n) is 7.54. The zero-order valence-corrected chi connectivity index (χ0v) is 19.1. The molecule has 0 atom stereocenters. The number of alkyl halides is 3. The number of unbranched alkanes of at least 4 members (excludes halogenated alkanes) is 1. The van der Waals surface area contributed by atoms with E-state index in [-0.39, 0.29) is 22.5 Å². The molecule has 0 saturated carbocycles. The molecule has 0 unspecified atom stereocenters. The van der Waals surface area contributed by atoms with Crippen molar-refractivity contribution in [2.75, 3.05) is 11.1 Å². The van der Waals surface area contributed by atoms with Gasteiger partial charge in [-0.3, -0.25) is 18.7 Å². The van der Waals surface area contributed by atoms with Gasteiger partial charge in [-0.1, -0.05) is 19.4 Å². The lowest BCUT2D eigenvalue weighted by molar-refractivity contribution is -0.137. The van der Waals surface area contributed by atoms with E-state index in [0.717, 1.165) is 46.9 Å². The van der Waals surface area contributed by atoms with Crippen molar-refractivity contribution in [3.05, 3.63) is 62.4 Å². The molecular formula is C22H23F3N4O3S. The summed E-state index contributed by atoms with van der Waals surface area (Å²) in [4.78, 5) is 42.6. The van der Waals surface area contributed by atoms with Crippen LogP contribution in [-0.2, 0) is 31.5 Å². The van der Waals surface area contributed by atoms with E-state index in [2.05, 4.69) is 10.3 Å². The Morgan fingerprint density at radius 2 is 1.91 bits per heavy atom. The van der Waals surface area contributed by atoms with Crippen LogP contribution in [0.15, 0.2) is 44.9 Å². The Labute approximate surface area is 191 Å². The molecule has 1 N–H and O–H groups in total. The first-order valence-corrected chi connectivity index (χ1v) is 11.2. The summed E-state index contributed by atoms with van der Waals surface area (Å²) in [5, 5.41) is 2.71. The number of nitrogens with zero attached hydrogens (tertiary/aromatic N) is 3. The lowest BCUT2D eigenvalue weighted by Crippen LogP contribution is -2.37. The Bertz CT molecular complexity index is 1320. The van der Waals surface area contributed by atoms with Crippen LogP contribution in [0.3, 0.4) is 0 Å². The summed E-state index contributed by atoms with van der Waals surface area (Å²) in [6.45, 7) is 2.02. The van der Waals surface area contributed by atoms with Crippen molar-refractivity contribution in [2.45, 2.75) is 37.3 Å². The van der Waals surface area contributed by atoms with Crippen LogP contribution in [0.4, 0.5) is 18.9 Å². The van der Waals surface area contributed by atoms with E-state index < -0.39 is 28.9 Å². The minimum Gasteiger partial charge on any atom is -0.325 e. The van der Waals surface area contributed by atoms with Gasteiger partial charge in [0.25, 0.3) is 5.56 Å². The van der Waals surface area contributed by atoms with Crippen LogP contribution in [0, 0.1) is 0 Å². The van der Waals surface area contributed by atoms with Crippen LogP contribution in [0.2, 0.25) is 0 Å². The fraction of sp³-hybridized carbons (Fsp3) is 0.364. The highest BCUT2D eigenvalue weighted by atomic mass is 32.2. The van der Waals surface area contributed by atoms with Gasteiger partial charge in [0.15, 0.2) is 0 Å². The van der Waals surface area contributed by atoms with Gasteiger partial charge in [-0.25, -0.2) is 9.78 Å². The van der Waals surface area contributed by atoms with Crippen LogP contribution in [0.1, 0.15) is 30.9 Å². The number of thioether (sulfide) groups is 1. The summed E-state index contributed by atoms with van der Waals surface area (Å²) in [5.41, 5.74) is -0.876. The average molecular weight is 481 g/mol. The number of aromatic nitrogens is 3. The summed E-state index contributed by atoms with van der Waals surface area (Å²) in [6, 6.07) is 4.38. The zero-order chi connectivity index (χ0) is 24.3. The molecule has 176 valence electrons. The number of benzene rings is 1. The molecule has 0 aliphatic rings.